The number of carbonyl (C=O) groups excluding carboxylic acids is 1. The van der Waals surface area contributed by atoms with Crippen LogP contribution in [0, 0.1) is 13.8 Å². The monoisotopic (exact) mass is 467 g/mol. The third kappa shape index (κ3) is 4.64. The Labute approximate surface area is 194 Å². The highest BCUT2D eigenvalue weighted by Crippen LogP contribution is 2.32. The summed E-state index contributed by atoms with van der Waals surface area (Å²) in [4.78, 5) is 25.7. The molecule has 0 aliphatic carbocycles. The molecule has 0 saturated heterocycles. The molecule has 1 amide bonds. The maximum atomic E-state index is 13.2. The molecule has 0 aliphatic rings. The molecule has 1 N–H and O–H groups in total. The predicted molar refractivity (Wildman–Crippen MR) is 128 cm³/mol. The lowest BCUT2D eigenvalue weighted by Gasteiger charge is -2.12. The van der Waals surface area contributed by atoms with Crippen LogP contribution in [0.5, 0.6) is 5.75 Å². The Bertz CT molecular complexity index is 1380. The van der Waals surface area contributed by atoms with Crippen molar-refractivity contribution in [2.24, 2.45) is 0 Å². The molecule has 1 aromatic heterocycles. The number of benzene rings is 3. The fraction of sp³-hybridized carbons (Fsp3) is 0.120. The fourth-order valence-electron chi connectivity index (χ4n) is 3.23. The Balaban J connectivity index is 1.68. The summed E-state index contributed by atoms with van der Waals surface area (Å²) in [6.07, 6.45) is 0. The summed E-state index contributed by atoms with van der Waals surface area (Å²) in [6, 6.07) is 17.2. The predicted octanol–water partition coefficient (Wildman–Crippen LogP) is 6.40. The lowest BCUT2D eigenvalue weighted by atomic mass is 10.1. The van der Waals surface area contributed by atoms with Crippen LogP contribution in [0.15, 0.2) is 69.9 Å². The van der Waals surface area contributed by atoms with Crippen LogP contribution in [-0.2, 0) is 4.79 Å². The van der Waals surface area contributed by atoms with Gasteiger partial charge in [0, 0.05) is 21.3 Å². The highest BCUT2D eigenvalue weighted by molar-refractivity contribution is 6.31. The summed E-state index contributed by atoms with van der Waals surface area (Å²) in [5.74, 6) is -0.265. The topological polar surface area (TPSA) is 68.5 Å². The van der Waals surface area contributed by atoms with Gasteiger partial charge in [-0.25, -0.2) is 0 Å². The Hall–Kier alpha value is -3.28. The standard InChI is InChI=1S/C25H19Cl2NO4/c1-14-3-9-19(11-15(14)2)28-22(29)13-31-25-23(30)20-12-18(27)8-10-21(20)32-24(25)16-4-6-17(26)7-5-16/h3-12H,13H2,1-2H3,(H,28,29). The summed E-state index contributed by atoms with van der Waals surface area (Å²) in [6.45, 7) is 3.59. The first-order valence-electron chi connectivity index (χ1n) is 9.84. The molecular formula is C25H19Cl2NO4. The smallest absolute Gasteiger partial charge is 0.262 e. The SMILES string of the molecule is Cc1ccc(NC(=O)COc2c(-c3ccc(Cl)cc3)oc3ccc(Cl)cc3c2=O)cc1C. The van der Waals surface area contributed by atoms with Crippen molar-refractivity contribution in [2.45, 2.75) is 13.8 Å². The Kier molecular flexibility index (Phi) is 6.21. The molecule has 1 heterocycles. The Morgan fingerprint density at radius 1 is 0.938 bits per heavy atom. The van der Waals surface area contributed by atoms with Gasteiger partial charge in [-0.2, -0.15) is 0 Å². The molecule has 0 spiro atoms. The first-order valence-corrected chi connectivity index (χ1v) is 10.6. The maximum absolute atomic E-state index is 13.2. The van der Waals surface area contributed by atoms with Crippen LogP contribution in [0.3, 0.4) is 0 Å². The van der Waals surface area contributed by atoms with Gasteiger partial charge in [0.25, 0.3) is 5.91 Å². The second kappa shape index (κ2) is 9.07. The van der Waals surface area contributed by atoms with E-state index in [0.29, 0.717) is 26.9 Å². The minimum absolute atomic E-state index is 0.0719. The van der Waals surface area contributed by atoms with Gasteiger partial charge in [0.1, 0.15) is 5.58 Å². The van der Waals surface area contributed by atoms with Crippen molar-refractivity contribution in [1.29, 1.82) is 0 Å². The maximum Gasteiger partial charge on any atom is 0.262 e. The number of anilines is 1. The van der Waals surface area contributed by atoms with E-state index in [1.807, 2.05) is 32.0 Å². The number of carbonyl (C=O) groups is 1. The van der Waals surface area contributed by atoms with Crippen LogP contribution < -0.4 is 15.5 Å². The average molecular weight is 468 g/mol. The first kappa shape index (κ1) is 21.9. The normalized spacial score (nSPS) is 10.9. The van der Waals surface area contributed by atoms with Crippen molar-refractivity contribution in [3.05, 3.63) is 92.1 Å². The van der Waals surface area contributed by atoms with E-state index >= 15 is 0 Å². The molecule has 0 fully saturated rings. The second-order valence-corrected chi connectivity index (χ2v) is 8.25. The molecule has 0 aliphatic heterocycles. The number of ether oxygens (including phenoxy) is 1. The number of hydrogen-bond acceptors (Lipinski definition) is 4. The minimum Gasteiger partial charge on any atom is -0.476 e. The van der Waals surface area contributed by atoms with Gasteiger partial charge in [0.05, 0.1) is 5.39 Å². The van der Waals surface area contributed by atoms with Gasteiger partial charge in [-0.05, 0) is 79.6 Å². The third-order valence-corrected chi connectivity index (χ3v) is 5.54. The van der Waals surface area contributed by atoms with Gasteiger partial charge in [-0.15, -0.1) is 0 Å². The molecule has 0 unspecified atom stereocenters. The van der Waals surface area contributed by atoms with E-state index in [0.717, 1.165) is 11.1 Å². The summed E-state index contributed by atoms with van der Waals surface area (Å²) >= 11 is 12.1. The van der Waals surface area contributed by atoms with Crippen LogP contribution in [0.4, 0.5) is 5.69 Å². The number of aryl methyl sites for hydroxylation is 2. The Morgan fingerprint density at radius 2 is 1.66 bits per heavy atom. The van der Waals surface area contributed by atoms with Crippen molar-refractivity contribution in [3.63, 3.8) is 0 Å². The number of rotatable bonds is 5. The number of hydrogen-bond donors (Lipinski definition) is 1. The van der Waals surface area contributed by atoms with Gasteiger partial charge in [0.2, 0.25) is 11.2 Å². The van der Waals surface area contributed by atoms with Gasteiger partial charge in [-0.3, -0.25) is 9.59 Å². The number of amides is 1. The van der Waals surface area contributed by atoms with Crippen LogP contribution in [0.25, 0.3) is 22.3 Å². The summed E-state index contributed by atoms with van der Waals surface area (Å²) < 4.78 is 11.7. The highest BCUT2D eigenvalue weighted by Gasteiger charge is 2.19. The van der Waals surface area contributed by atoms with Crippen molar-refractivity contribution in [3.8, 4) is 17.1 Å². The largest absolute Gasteiger partial charge is 0.476 e. The quantitative estimate of drug-likeness (QED) is 0.368. The van der Waals surface area contributed by atoms with E-state index in [-0.39, 0.29) is 23.5 Å². The second-order valence-electron chi connectivity index (χ2n) is 7.37. The molecule has 0 radical (unpaired) electrons. The zero-order valence-corrected chi connectivity index (χ0v) is 18.9. The van der Waals surface area contributed by atoms with Crippen LogP contribution in [0.1, 0.15) is 11.1 Å². The van der Waals surface area contributed by atoms with Gasteiger partial charge >= 0.3 is 0 Å². The van der Waals surface area contributed by atoms with Crippen molar-refractivity contribution < 1.29 is 13.9 Å². The van der Waals surface area contributed by atoms with Gasteiger partial charge in [0.15, 0.2) is 12.4 Å². The van der Waals surface area contributed by atoms with Crippen LogP contribution >= 0.6 is 23.2 Å². The summed E-state index contributed by atoms with van der Waals surface area (Å²) in [5.41, 5.74) is 3.36. The van der Waals surface area contributed by atoms with Crippen molar-refractivity contribution in [1.82, 2.24) is 0 Å². The number of halogens is 2. The van der Waals surface area contributed by atoms with E-state index in [2.05, 4.69) is 5.32 Å². The molecule has 0 atom stereocenters. The van der Waals surface area contributed by atoms with Crippen LogP contribution in [0.2, 0.25) is 10.0 Å². The van der Waals surface area contributed by atoms with E-state index in [9.17, 15) is 9.59 Å². The number of nitrogens with one attached hydrogen (secondary N) is 1. The van der Waals surface area contributed by atoms with Crippen LogP contribution in [-0.4, -0.2) is 12.5 Å². The van der Waals surface area contributed by atoms with Gasteiger partial charge < -0.3 is 14.5 Å². The van der Waals surface area contributed by atoms with E-state index in [1.54, 1.807) is 36.4 Å². The molecule has 3 aromatic carbocycles. The molecule has 0 bridgehead atoms. The third-order valence-electron chi connectivity index (χ3n) is 5.06. The molecule has 4 rings (SSSR count). The summed E-state index contributed by atoms with van der Waals surface area (Å²) in [7, 11) is 0. The Morgan fingerprint density at radius 3 is 2.38 bits per heavy atom. The van der Waals surface area contributed by atoms with Gasteiger partial charge in [-0.1, -0.05) is 29.3 Å². The van der Waals surface area contributed by atoms with Crippen molar-refractivity contribution in [2.75, 3.05) is 11.9 Å². The van der Waals surface area contributed by atoms with E-state index in [1.165, 1.54) is 6.07 Å². The molecule has 162 valence electrons. The zero-order chi connectivity index (χ0) is 22.8. The van der Waals surface area contributed by atoms with Crippen molar-refractivity contribution >= 4 is 45.8 Å². The fourth-order valence-corrected chi connectivity index (χ4v) is 3.52. The van der Waals surface area contributed by atoms with E-state index in [4.69, 9.17) is 32.4 Å². The highest BCUT2D eigenvalue weighted by atomic mass is 35.5. The first-order chi connectivity index (χ1) is 15.3. The molecule has 7 heteroatoms. The lowest BCUT2D eigenvalue weighted by Crippen LogP contribution is -2.22. The number of fused-ring (bicyclic) bond motifs is 1. The molecule has 32 heavy (non-hydrogen) atoms. The average Bonchev–Trinajstić information content (AvgIpc) is 2.76. The lowest BCUT2D eigenvalue weighted by molar-refractivity contribution is -0.118. The molecule has 4 aromatic rings. The minimum atomic E-state index is -0.419. The van der Waals surface area contributed by atoms with E-state index < -0.39 is 11.3 Å². The zero-order valence-electron chi connectivity index (χ0n) is 17.4. The molecule has 5 nitrogen and oxygen atoms in total. The molecular weight excluding hydrogens is 449 g/mol. The molecule has 0 saturated carbocycles. The summed E-state index contributed by atoms with van der Waals surface area (Å²) in [5, 5.41) is 3.97.